The van der Waals surface area contributed by atoms with Crippen molar-refractivity contribution in [1.29, 1.82) is 0 Å². The van der Waals surface area contributed by atoms with Gasteiger partial charge in [0.25, 0.3) is 11.8 Å². The van der Waals surface area contributed by atoms with Crippen molar-refractivity contribution in [3.05, 3.63) is 76.7 Å². The molecule has 5 fully saturated rings. The number of hydrogen-bond donors (Lipinski definition) is 0. The molecule has 0 radical (unpaired) electrons. The van der Waals surface area contributed by atoms with Crippen molar-refractivity contribution in [3.63, 3.8) is 0 Å². The van der Waals surface area contributed by atoms with E-state index in [1.165, 1.54) is 18.4 Å². The van der Waals surface area contributed by atoms with Crippen LogP contribution < -0.4 is 14.5 Å². The third kappa shape index (κ3) is 8.21. The average Bonchev–Trinajstić information content (AvgIpc) is 3.75. The summed E-state index contributed by atoms with van der Waals surface area (Å²) in [5.41, 5.74) is 5.75. The largest absolute Gasteiger partial charge is 0.488 e. The van der Waals surface area contributed by atoms with E-state index in [0.717, 1.165) is 131 Å². The van der Waals surface area contributed by atoms with Gasteiger partial charge in [-0.05, 0) is 101 Å². The van der Waals surface area contributed by atoms with Crippen molar-refractivity contribution in [3.8, 4) is 5.75 Å². The summed E-state index contributed by atoms with van der Waals surface area (Å²) in [5, 5.41) is 0. The molecular weight excluding hydrogens is 771 g/mol. The first-order chi connectivity index (χ1) is 29.6. The number of anilines is 2. The Labute approximate surface area is 357 Å². The van der Waals surface area contributed by atoms with E-state index in [9.17, 15) is 19.2 Å². The van der Waals surface area contributed by atoms with Gasteiger partial charge in [0.1, 0.15) is 29.3 Å². The van der Waals surface area contributed by atoms with E-state index in [1.807, 2.05) is 12.1 Å². The van der Waals surface area contributed by atoms with Crippen LogP contribution in [0, 0.1) is 5.92 Å². The van der Waals surface area contributed by atoms with Crippen LogP contribution in [0.1, 0.15) is 96.3 Å². The van der Waals surface area contributed by atoms with Gasteiger partial charge in [0.05, 0.1) is 41.5 Å². The van der Waals surface area contributed by atoms with E-state index in [4.69, 9.17) is 14.7 Å². The average molecular weight is 828 g/mol. The molecule has 61 heavy (non-hydrogen) atoms. The lowest BCUT2D eigenvalue weighted by atomic mass is 9.92. The molecule has 2 saturated carbocycles. The molecule has 0 bridgehead atoms. The summed E-state index contributed by atoms with van der Waals surface area (Å²) in [6.45, 7) is 17.3. The zero-order chi connectivity index (χ0) is 41.8. The standard InChI is InChI=1S/C47H57N9O5/c1-31-28-55(43-26-40(49-30-50-43)44-38-25-36(61-47(2)11-12-47)6-3-33(38)27-48-44)22-21-53(31)18-15-51-13-9-32(10-14-51)29-52-16-19-54(20-17-52)34-4-7-37-39(23-34)46(60)56(45(37)59)41-8-5-35(57)24-42(41)58/h3-4,6-7,23,25-26,30-32,41H,5,8-22,24,27-29H2,1-2H3/t31-,41?/m0/s1. The monoisotopic (exact) mass is 827 g/mol. The molecule has 1 unspecified atom stereocenters. The highest BCUT2D eigenvalue weighted by atomic mass is 16.5. The van der Waals surface area contributed by atoms with Gasteiger partial charge in [-0.25, -0.2) is 9.97 Å². The van der Waals surface area contributed by atoms with Crippen molar-refractivity contribution >= 4 is 40.6 Å². The highest BCUT2D eigenvalue weighted by Crippen LogP contribution is 2.40. The Bertz CT molecular complexity index is 2260. The second-order valence-corrected chi connectivity index (χ2v) is 18.6. The summed E-state index contributed by atoms with van der Waals surface area (Å²) in [6, 6.07) is 13.5. The number of likely N-dealkylation sites (tertiary alicyclic amines) is 1. The molecule has 3 saturated heterocycles. The van der Waals surface area contributed by atoms with Gasteiger partial charge in [0.15, 0.2) is 5.78 Å². The lowest BCUT2D eigenvalue weighted by Crippen LogP contribution is -2.54. The number of ketones is 2. The van der Waals surface area contributed by atoms with Crippen LogP contribution in [0.3, 0.4) is 0 Å². The first-order valence-electron chi connectivity index (χ1n) is 22.5. The molecule has 2 atom stereocenters. The third-order valence-electron chi connectivity index (χ3n) is 14.4. The lowest BCUT2D eigenvalue weighted by molar-refractivity contribution is -0.132. The number of rotatable bonds is 11. The fourth-order valence-electron chi connectivity index (χ4n) is 10.3. The van der Waals surface area contributed by atoms with Crippen LogP contribution in [0.15, 0.2) is 53.8 Å². The highest BCUT2D eigenvalue weighted by molar-refractivity contribution is 6.24. The number of imide groups is 1. The van der Waals surface area contributed by atoms with Gasteiger partial charge < -0.3 is 19.4 Å². The van der Waals surface area contributed by atoms with Gasteiger partial charge in [0, 0.05) is 95.2 Å². The Morgan fingerprint density at radius 2 is 1.56 bits per heavy atom. The molecule has 320 valence electrons. The Hall–Kier alpha value is -5.05. The number of Topliss-reactive ketones (excluding diaryl/α,β-unsaturated/α-hetero) is 2. The molecule has 3 aromatic rings. The maximum absolute atomic E-state index is 13.4. The van der Waals surface area contributed by atoms with E-state index in [0.29, 0.717) is 29.6 Å². The third-order valence-corrected chi connectivity index (χ3v) is 14.4. The number of ether oxygens (including phenoxy) is 1. The number of hydrogen-bond acceptors (Lipinski definition) is 13. The molecule has 6 heterocycles. The number of aromatic nitrogens is 2. The zero-order valence-electron chi connectivity index (χ0n) is 35.6. The Balaban J connectivity index is 0.655. The number of fused-ring (bicyclic) bond motifs is 2. The molecule has 10 rings (SSSR count). The number of amides is 2. The van der Waals surface area contributed by atoms with Gasteiger partial charge >= 0.3 is 0 Å². The smallest absolute Gasteiger partial charge is 0.262 e. The first-order valence-corrected chi connectivity index (χ1v) is 22.5. The normalized spacial score (nSPS) is 25.0. The molecule has 0 spiro atoms. The van der Waals surface area contributed by atoms with Crippen molar-refractivity contribution in [1.82, 2.24) is 29.6 Å². The van der Waals surface area contributed by atoms with E-state index in [-0.39, 0.29) is 36.4 Å². The van der Waals surface area contributed by atoms with Crippen molar-refractivity contribution in [2.24, 2.45) is 10.9 Å². The van der Waals surface area contributed by atoms with Crippen LogP contribution in [0.25, 0.3) is 0 Å². The summed E-state index contributed by atoms with van der Waals surface area (Å²) < 4.78 is 6.27. The number of nitrogens with zero attached hydrogens (tertiary/aromatic N) is 9. The SMILES string of the molecule is C[C@H]1CN(c2cc(C3=NCc4ccc(OC5(C)CC5)cc43)ncn2)CCN1CCN1CCC(CN2CCN(c3ccc4c(c3)C(=O)N(C3CCC(=O)CC3=O)C4=O)CC2)CC1. The van der Waals surface area contributed by atoms with E-state index >= 15 is 0 Å². The topological polar surface area (TPSA) is 135 Å². The van der Waals surface area contributed by atoms with Gasteiger partial charge in [-0.2, -0.15) is 0 Å². The molecule has 14 nitrogen and oxygen atoms in total. The molecule has 2 aromatic carbocycles. The molecule has 1 aromatic heterocycles. The minimum absolute atomic E-state index is 0.0248. The minimum Gasteiger partial charge on any atom is -0.488 e. The fourth-order valence-corrected chi connectivity index (χ4v) is 10.3. The summed E-state index contributed by atoms with van der Waals surface area (Å²) >= 11 is 0. The summed E-state index contributed by atoms with van der Waals surface area (Å²) in [7, 11) is 0. The van der Waals surface area contributed by atoms with Crippen molar-refractivity contribution < 1.29 is 23.9 Å². The van der Waals surface area contributed by atoms with E-state index < -0.39 is 17.9 Å². The predicted molar refractivity (Wildman–Crippen MR) is 232 cm³/mol. The number of aliphatic imine (C=N–C) groups is 1. The molecule has 2 amide bonds. The molecular formula is C47H57N9O5. The number of carbonyl (C=O) groups excluding carboxylic acids is 4. The van der Waals surface area contributed by atoms with Gasteiger partial charge in [-0.1, -0.05) is 6.07 Å². The Morgan fingerprint density at radius 3 is 2.33 bits per heavy atom. The second kappa shape index (κ2) is 16.3. The molecule has 14 heteroatoms. The van der Waals surface area contributed by atoms with Crippen LogP contribution in [0.5, 0.6) is 5.75 Å². The van der Waals surface area contributed by atoms with Crippen LogP contribution in [-0.4, -0.2) is 155 Å². The minimum atomic E-state index is -0.843. The maximum atomic E-state index is 13.4. The molecule has 5 aliphatic heterocycles. The van der Waals surface area contributed by atoms with Crippen molar-refractivity contribution in [2.75, 3.05) is 88.3 Å². The summed E-state index contributed by atoms with van der Waals surface area (Å²) in [4.78, 5) is 78.8. The lowest BCUT2D eigenvalue weighted by Gasteiger charge is -2.42. The number of benzene rings is 2. The van der Waals surface area contributed by atoms with Gasteiger partial charge in [-0.3, -0.25) is 38.9 Å². The first kappa shape index (κ1) is 40.0. The van der Waals surface area contributed by atoms with E-state index in [2.05, 4.69) is 67.6 Å². The number of carbonyl (C=O) groups is 4. The fraction of sp³-hybridized carbons (Fsp3) is 0.553. The van der Waals surface area contributed by atoms with Crippen LogP contribution in [0.2, 0.25) is 0 Å². The van der Waals surface area contributed by atoms with Crippen LogP contribution >= 0.6 is 0 Å². The molecule has 2 aliphatic carbocycles. The van der Waals surface area contributed by atoms with Crippen molar-refractivity contribution in [2.45, 2.75) is 83.0 Å². The van der Waals surface area contributed by atoms with Gasteiger partial charge in [0.2, 0.25) is 0 Å². The quantitative estimate of drug-likeness (QED) is 0.204. The second-order valence-electron chi connectivity index (χ2n) is 18.6. The summed E-state index contributed by atoms with van der Waals surface area (Å²) in [6.07, 6.45) is 6.56. The van der Waals surface area contributed by atoms with Crippen LogP contribution in [0.4, 0.5) is 11.5 Å². The van der Waals surface area contributed by atoms with Gasteiger partial charge in [-0.15, -0.1) is 0 Å². The molecule has 7 aliphatic rings. The Kier molecular flexibility index (Phi) is 10.7. The number of piperidine rings is 1. The number of piperazine rings is 2. The molecule has 0 N–H and O–H groups in total. The van der Waals surface area contributed by atoms with E-state index in [1.54, 1.807) is 12.4 Å². The predicted octanol–water partition coefficient (Wildman–Crippen LogP) is 4.09. The maximum Gasteiger partial charge on any atom is 0.262 e. The van der Waals surface area contributed by atoms with Crippen LogP contribution in [-0.2, 0) is 16.1 Å². The zero-order valence-corrected chi connectivity index (χ0v) is 35.6. The Morgan fingerprint density at radius 1 is 0.770 bits per heavy atom. The summed E-state index contributed by atoms with van der Waals surface area (Å²) in [5.74, 6) is 1.25. The highest BCUT2D eigenvalue weighted by Gasteiger charge is 2.45.